The minimum atomic E-state index is -2.18. The number of aliphatic hydroxyl groups is 1. The maximum Gasteiger partial charge on any atom is 0.411 e. The molecule has 11 heteroatoms. The first kappa shape index (κ1) is 33.5. The van der Waals surface area contributed by atoms with Gasteiger partial charge in [0.05, 0.1) is 12.2 Å². The van der Waals surface area contributed by atoms with E-state index in [1.54, 1.807) is 30.3 Å². The number of hydrogen-bond acceptors (Lipinski definition) is 8. The normalized spacial score (nSPS) is 20.8. The van der Waals surface area contributed by atoms with Crippen LogP contribution in [-0.2, 0) is 14.0 Å². The lowest BCUT2D eigenvalue weighted by molar-refractivity contribution is -0.128. The van der Waals surface area contributed by atoms with Crippen LogP contribution in [0, 0.1) is 0 Å². The summed E-state index contributed by atoms with van der Waals surface area (Å²) in [6.07, 6.45) is 4.50. The summed E-state index contributed by atoms with van der Waals surface area (Å²) in [6.45, 7) is 20.5. The van der Waals surface area contributed by atoms with E-state index in [1.165, 1.54) is 11.8 Å². The molecule has 2 heterocycles. The number of nitrogens with one attached hydrogen (secondary N) is 1. The van der Waals surface area contributed by atoms with Crippen molar-refractivity contribution in [3.05, 3.63) is 24.3 Å². The Balaban J connectivity index is 2.42. The number of nitrogens with zero attached hydrogens (tertiary/aromatic N) is 3. The molecule has 2 N–H and O–H groups in total. The Morgan fingerprint density at radius 1 is 1.18 bits per heavy atom. The van der Waals surface area contributed by atoms with Crippen LogP contribution >= 0.6 is 11.8 Å². The van der Waals surface area contributed by atoms with E-state index in [-0.39, 0.29) is 10.9 Å². The second-order valence-electron chi connectivity index (χ2n) is 13.0. The molecule has 2 rings (SSSR count). The van der Waals surface area contributed by atoms with Gasteiger partial charge in [0.2, 0.25) is 0 Å². The van der Waals surface area contributed by atoms with Gasteiger partial charge in [0, 0.05) is 18.9 Å². The summed E-state index contributed by atoms with van der Waals surface area (Å²) in [5.41, 5.74) is -0.690. The molecular formula is C28H50N4O5SSi. The molecule has 1 aromatic rings. The Labute approximate surface area is 240 Å². The number of aromatic nitrogens is 2. The monoisotopic (exact) mass is 582 g/mol. The van der Waals surface area contributed by atoms with Gasteiger partial charge in [-0.2, -0.15) is 0 Å². The Hall–Kier alpha value is -1.69. The molecule has 0 spiro atoms. The van der Waals surface area contributed by atoms with Crippen molar-refractivity contribution in [2.75, 3.05) is 12.3 Å². The minimum Gasteiger partial charge on any atom is -0.444 e. The van der Waals surface area contributed by atoms with Crippen molar-refractivity contribution in [2.45, 2.75) is 128 Å². The molecule has 39 heavy (non-hydrogen) atoms. The highest BCUT2D eigenvalue weighted by Gasteiger charge is 2.52. The van der Waals surface area contributed by atoms with Gasteiger partial charge >= 0.3 is 6.09 Å². The van der Waals surface area contributed by atoms with Crippen molar-refractivity contribution in [2.24, 2.45) is 0 Å². The van der Waals surface area contributed by atoms with Crippen LogP contribution in [0.5, 0.6) is 0 Å². The largest absolute Gasteiger partial charge is 0.444 e. The third kappa shape index (κ3) is 9.16. The summed E-state index contributed by atoms with van der Waals surface area (Å²) in [4.78, 5) is 37.0. The van der Waals surface area contributed by atoms with Gasteiger partial charge in [-0.25, -0.2) is 14.8 Å². The number of ether oxygens (including phenoxy) is 1. The fraction of sp³-hybridized carbons (Fsp3) is 0.786. The van der Waals surface area contributed by atoms with Gasteiger partial charge < -0.3 is 19.6 Å². The molecular weight excluding hydrogens is 532 g/mol. The summed E-state index contributed by atoms with van der Waals surface area (Å²) in [6, 6.07) is 1.13. The van der Waals surface area contributed by atoms with Crippen LogP contribution in [0.15, 0.2) is 18.5 Å². The Morgan fingerprint density at radius 2 is 1.79 bits per heavy atom. The molecule has 4 unspecified atom stereocenters. The number of carbonyl (C=O) groups excluding carboxylic acids is 2. The molecule has 0 aliphatic carbocycles. The van der Waals surface area contributed by atoms with Gasteiger partial charge in [-0.3, -0.25) is 9.69 Å². The Morgan fingerprint density at radius 3 is 2.33 bits per heavy atom. The van der Waals surface area contributed by atoms with Crippen molar-refractivity contribution in [3.63, 3.8) is 0 Å². The van der Waals surface area contributed by atoms with Gasteiger partial charge in [-0.15, -0.1) is 11.8 Å². The topological polar surface area (TPSA) is 114 Å². The van der Waals surface area contributed by atoms with E-state index >= 15 is 0 Å². The van der Waals surface area contributed by atoms with Crippen molar-refractivity contribution >= 4 is 32.1 Å². The average Bonchev–Trinajstić information content (AvgIpc) is 3.24. The highest BCUT2D eigenvalue weighted by atomic mass is 32.2. The summed E-state index contributed by atoms with van der Waals surface area (Å²) in [7, 11) is -2.18. The Bertz CT molecular complexity index is 952. The molecule has 0 radical (unpaired) electrons. The zero-order valence-corrected chi connectivity index (χ0v) is 27.4. The molecule has 4 atom stereocenters. The molecule has 0 bridgehead atoms. The van der Waals surface area contributed by atoms with Crippen molar-refractivity contribution < 1.29 is 23.9 Å². The number of rotatable bonds is 11. The van der Waals surface area contributed by atoms with E-state index in [4.69, 9.17) is 9.16 Å². The highest BCUT2D eigenvalue weighted by Crippen LogP contribution is 2.43. The molecule has 1 saturated heterocycles. The second kappa shape index (κ2) is 13.3. The lowest BCUT2D eigenvalue weighted by Gasteiger charge is -2.41. The first-order valence-electron chi connectivity index (χ1n) is 14.0. The van der Waals surface area contributed by atoms with Crippen LogP contribution in [0.25, 0.3) is 0 Å². The summed E-state index contributed by atoms with van der Waals surface area (Å²) < 4.78 is 12.4. The molecule has 9 nitrogen and oxygen atoms in total. The first-order chi connectivity index (χ1) is 17.9. The van der Waals surface area contributed by atoms with Crippen LogP contribution in [0.3, 0.4) is 0 Å². The van der Waals surface area contributed by atoms with E-state index < -0.39 is 43.1 Å². The molecule has 1 aromatic heterocycles. The number of likely N-dealkylation sites (tertiary alicyclic amines) is 1. The fourth-order valence-electron chi connectivity index (χ4n) is 4.25. The maximum atomic E-state index is 14.3. The van der Waals surface area contributed by atoms with Gasteiger partial charge in [-0.1, -0.05) is 20.8 Å². The van der Waals surface area contributed by atoms with Crippen molar-refractivity contribution in [1.29, 1.82) is 0 Å². The maximum absolute atomic E-state index is 14.3. The minimum absolute atomic E-state index is 0.0206. The predicted octanol–water partition coefficient (Wildman–Crippen LogP) is 5.67. The van der Waals surface area contributed by atoms with Crippen molar-refractivity contribution in [1.82, 2.24) is 20.2 Å². The quantitative estimate of drug-likeness (QED) is 0.254. The van der Waals surface area contributed by atoms with E-state index in [9.17, 15) is 14.7 Å². The molecule has 1 fully saturated rings. The number of aliphatic hydroxyl groups excluding tert-OH is 1. The average molecular weight is 583 g/mol. The predicted molar refractivity (Wildman–Crippen MR) is 159 cm³/mol. The third-order valence-electron chi connectivity index (χ3n) is 7.32. The molecule has 2 amide bonds. The molecule has 222 valence electrons. The summed E-state index contributed by atoms with van der Waals surface area (Å²) in [5, 5.41) is 12.9. The van der Waals surface area contributed by atoms with E-state index in [1.807, 2.05) is 27.7 Å². The second-order valence-corrected chi connectivity index (χ2v) is 19.1. The van der Waals surface area contributed by atoms with Crippen LogP contribution in [0.4, 0.5) is 4.79 Å². The zero-order chi connectivity index (χ0) is 29.6. The molecule has 1 aliphatic rings. The standard InChI is InChI=1S/C28H50N4O5SSi/c1-20(33)14-11-19-38-28(15-12-18-32(28)25(35)36-26(3,4)5)24(34)31-22(23-29-16-13-17-30-23)21(2)37-39(9,10)27(6,7)8/h13,16-17,20-22,33H,11-12,14-15,18-19H2,1-10H3,(H,31,34). The Kier molecular flexibility index (Phi) is 11.4. The van der Waals surface area contributed by atoms with Crippen LogP contribution in [-0.4, -0.2) is 75.3 Å². The number of carbonyl (C=O) groups is 2. The van der Waals surface area contributed by atoms with E-state index in [2.05, 4.69) is 49.1 Å². The fourth-order valence-corrected chi connectivity index (χ4v) is 7.11. The third-order valence-corrected chi connectivity index (χ3v) is 13.5. The molecule has 1 aliphatic heterocycles. The van der Waals surface area contributed by atoms with Crippen LogP contribution in [0.2, 0.25) is 18.1 Å². The molecule has 0 saturated carbocycles. The van der Waals surface area contributed by atoms with Gasteiger partial charge in [0.1, 0.15) is 11.6 Å². The number of thioether (sulfide) groups is 1. The number of amides is 2. The van der Waals surface area contributed by atoms with Gasteiger partial charge in [0.15, 0.2) is 19.0 Å². The van der Waals surface area contributed by atoms with Gasteiger partial charge in [-0.05, 0) is 90.3 Å². The zero-order valence-electron chi connectivity index (χ0n) is 25.5. The van der Waals surface area contributed by atoms with Crippen molar-refractivity contribution in [3.8, 4) is 0 Å². The van der Waals surface area contributed by atoms with Crippen LogP contribution < -0.4 is 5.32 Å². The van der Waals surface area contributed by atoms with Crippen LogP contribution in [0.1, 0.15) is 92.9 Å². The molecule has 0 aromatic carbocycles. The summed E-state index contributed by atoms with van der Waals surface area (Å²) >= 11 is 1.44. The highest BCUT2D eigenvalue weighted by molar-refractivity contribution is 8.01. The first-order valence-corrected chi connectivity index (χ1v) is 17.9. The van der Waals surface area contributed by atoms with E-state index in [0.717, 1.165) is 6.42 Å². The lowest BCUT2D eigenvalue weighted by atomic mass is 10.1. The SMILES string of the molecule is CC(O)CCCSC1(C(=O)NC(c2ncccn2)C(C)O[Si](C)(C)C(C)(C)C)CCCN1C(=O)OC(C)(C)C. The van der Waals surface area contributed by atoms with Gasteiger partial charge in [0.25, 0.3) is 5.91 Å². The summed E-state index contributed by atoms with van der Waals surface area (Å²) in [5.74, 6) is 0.796. The number of hydrogen-bond donors (Lipinski definition) is 2. The van der Waals surface area contributed by atoms with E-state index in [0.29, 0.717) is 37.4 Å². The lowest BCUT2D eigenvalue weighted by Crippen LogP contribution is -2.58. The smallest absolute Gasteiger partial charge is 0.411 e.